The van der Waals surface area contributed by atoms with E-state index < -0.39 is 0 Å². The maximum absolute atomic E-state index is 6.72. The Kier molecular flexibility index (Phi) is 6.15. The number of nitrogens with zero attached hydrogens (tertiary/aromatic N) is 4. The van der Waals surface area contributed by atoms with Crippen molar-refractivity contribution in [3.05, 3.63) is 158 Å². The zero-order chi connectivity index (χ0) is 34.2. The molecule has 0 radical (unpaired) electrons. The molecular formula is C46H26N4O2. The van der Waals surface area contributed by atoms with Crippen molar-refractivity contribution < 1.29 is 8.83 Å². The summed E-state index contributed by atoms with van der Waals surface area (Å²) in [6.45, 7) is 0. The molecule has 0 amide bonds. The second kappa shape index (κ2) is 11.2. The molecule has 0 aliphatic carbocycles. The predicted molar refractivity (Wildman–Crippen MR) is 209 cm³/mol. The third-order valence-electron chi connectivity index (χ3n) is 9.96. The predicted octanol–water partition coefficient (Wildman–Crippen LogP) is 12.0. The van der Waals surface area contributed by atoms with Crippen LogP contribution in [-0.4, -0.2) is 19.9 Å². The molecule has 4 aromatic heterocycles. The number of hydrogen-bond donors (Lipinski definition) is 0. The van der Waals surface area contributed by atoms with Crippen molar-refractivity contribution in [2.45, 2.75) is 0 Å². The number of aromatic nitrogens is 4. The highest BCUT2D eigenvalue weighted by molar-refractivity contribution is 6.18. The van der Waals surface area contributed by atoms with Crippen molar-refractivity contribution in [3.63, 3.8) is 0 Å². The van der Waals surface area contributed by atoms with E-state index >= 15 is 0 Å². The van der Waals surface area contributed by atoms with Gasteiger partial charge in [0.05, 0.1) is 0 Å². The lowest BCUT2D eigenvalue weighted by molar-refractivity contribution is 0.668. The Hall–Kier alpha value is -7.18. The molecule has 0 saturated heterocycles. The van der Waals surface area contributed by atoms with Crippen molar-refractivity contribution >= 4 is 65.4 Å². The number of para-hydroxylation sites is 1. The molecule has 6 heteroatoms. The van der Waals surface area contributed by atoms with Gasteiger partial charge in [-0.05, 0) is 75.8 Å². The Labute approximate surface area is 296 Å². The van der Waals surface area contributed by atoms with Crippen molar-refractivity contribution in [2.24, 2.45) is 0 Å². The normalized spacial score (nSPS) is 11.8. The number of rotatable bonds is 4. The molecular weight excluding hydrogens is 641 g/mol. The number of pyridine rings is 1. The monoisotopic (exact) mass is 666 g/mol. The van der Waals surface area contributed by atoms with Crippen molar-refractivity contribution in [1.29, 1.82) is 0 Å². The average Bonchev–Trinajstić information content (AvgIpc) is 3.77. The zero-order valence-electron chi connectivity index (χ0n) is 27.6. The number of furan rings is 2. The van der Waals surface area contributed by atoms with Crippen molar-refractivity contribution in [3.8, 4) is 45.3 Å². The molecule has 0 N–H and O–H groups in total. The first-order chi connectivity index (χ1) is 25.7. The van der Waals surface area contributed by atoms with Crippen LogP contribution >= 0.6 is 0 Å². The summed E-state index contributed by atoms with van der Waals surface area (Å²) in [5.74, 6) is 1.76. The molecule has 0 aliphatic rings. The van der Waals surface area contributed by atoms with Gasteiger partial charge in [-0.25, -0.2) is 15.0 Å². The smallest absolute Gasteiger partial charge is 0.164 e. The van der Waals surface area contributed by atoms with Crippen LogP contribution in [0.4, 0.5) is 0 Å². The summed E-state index contributed by atoms with van der Waals surface area (Å²) < 4.78 is 13.0. The van der Waals surface area contributed by atoms with Crippen LogP contribution < -0.4 is 0 Å². The number of hydrogen-bond acceptors (Lipinski definition) is 6. The largest absolute Gasteiger partial charge is 0.456 e. The molecule has 242 valence electrons. The van der Waals surface area contributed by atoms with Gasteiger partial charge in [-0.2, -0.15) is 0 Å². The van der Waals surface area contributed by atoms with Crippen LogP contribution in [-0.2, 0) is 0 Å². The van der Waals surface area contributed by atoms with Crippen molar-refractivity contribution in [1.82, 2.24) is 19.9 Å². The van der Waals surface area contributed by atoms with Crippen LogP contribution in [0.1, 0.15) is 0 Å². The second-order valence-electron chi connectivity index (χ2n) is 13.1. The van der Waals surface area contributed by atoms with Gasteiger partial charge in [-0.3, -0.25) is 4.98 Å². The first kappa shape index (κ1) is 28.6. The molecule has 11 rings (SSSR count). The van der Waals surface area contributed by atoms with Crippen LogP contribution in [0.2, 0.25) is 0 Å². The van der Waals surface area contributed by atoms with E-state index in [0.29, 0.717) is 17.5 Å². The third kappa shape index (κ3) is 4.51. The summed E-state index contributed by atoms with van der Waals surface area (Å²) >= 11 is 0. The molecule has 52 heavy (non-hydrogen) atoms. The minimum absolute atomic E-state index is 0.561. The minimum Gasteiger partial charge on any atom is -0.456 e. The summed E-state index contributed by atoms with van der Waals surface area (Å²) in [6, 6.07) is 49.7. The van der Waals surface area contributed by atoms with Gasteiger partial charge in [0.1, 0.15) is 22.3 Å². The van der Waals surface area contributed by atoms with E-state index in [0.717, 1.165) is 93.2 Å². The van der Waals surface area contributed by atoms with E-state index in [-0.39, 0.29) is 0 Å². The van der Waals surface area contributed by atoms with Crippen LogP contribution in [0.5, 0.6) is 0 Å². The van der Waals surface area contributed by atoms with Gasteiger partial charge in [0.25, 0.3) is 0 Å². The van der Waals surface area contributed by atoms with Crippen LogP contribution in [0, 0.1) is 0 Å². The second-order valence-corrected chi connectivity index (χ2v) is 13.1. The van der Waals surface area contributed by atoms with Gasteiger partial charge in [0.15, 0.2) is 17.5 Å². The molecule has 0 bridgehead atoms. The summed E-state index contributed by atoms with van der Waals surface area (Å²) in [5, 5.41) is 8.40. The van der Waals surface area contributed by atoms with Gasteiger partial charge >= 0.3 is 0 Å². The molecule has 0 spiro atoms. The summed E-state index contributed by atoms with van der Waals surface area (Å²) in [5.41, 5.74) is 7.87. The highest BCUT2D eigenvalue weighted by atomic mass is 16.3. The first-order valence-corrected chi connectivity index (χ1v) is 17.2. The number of fused-ring (bicyclic) bond motifs is 8. The van der Waals surface area contributed by atoms with E-state index in [9.17, 15) is 0 Å². The molecule has 0 atom stereocenters. The maximum Gasteiger partial charge on any atom is 0.164 e. The molecule has 0 saturated carbocycles. The lowest BCUT2D eigenvalue weighted by atomic mass is 9.95. The van der Waals surface area contributed by atoms with Gasteiger partial charge in [0.2, 0.25) is 0 Å². The van der Waals surface area contributed by atoms with E-state index in [1.54, 1.807) is 0 Å². The first-order valence-electron chi connectivity index (χ1n) is 17.2. The van der Waals surface area contributed by atoms with E-state index in [1.807, 2.05) is 79.1 Å². The molecule has 6 nitrogen and oxygen atoms in total. The minimum atomic E-state index is 0.561. The lowest BCUT2D eigenvalue weighted by Gasteiger charge is -2.12. The zero-order valence-corrected chi connectivity index (χ0v) is 27.6. The molecule has 0 fully saturated rings. The fraction of sp³-hybridized carbons (Fsp3) is 0. The summed E-state index contributed by atoms with van der Waals surface area (Å²) in [7, 11) is 0. The molecule has 0 aliphatic heterocycles. The summed E-state index contributed by atoms with van der Waals surface area (Å²) in [4.78, 5) is 19.9. The molecule has 0 unspecified atom stereocenters. The fourth-order valence-corrected chi connectivity index (χ4v) is 7.50. The molecule has 4 heterocycles. The van der Waals surface area contributed by atoms with Crippen LogP contribution in [0.25, 0.3) is 111 Å². The van der Waals surface area contributed by atoms with Crippen LogP contribution in [0.15, 0.2) is 167 Å². The molecule has 7 aromatic carbocycles. The Bertz CT molecular complexity index is 3200. The van der Waals surface area contributed by atoms with Gasteiger partial charge in [-0.15, -0.1) is 0 Å². The Morgan fingerprint density at radius 3 is 2.02 bits per heavy atom. The molecule has 11 aromatic rings. The SMILES string of the molecule is c1ccc(-c2nc(-c3ccc4ccccc4c3)nc(-c3cc(-c4cccc5oc6ccccc6c45)cc4oc5cc6cnccc6cc5c34)n2)cc1. The standard InChI is InChI=1S/C46H26N4O2/c1-2-10-28(11-3-1)44-48-45(31-18-17-27-9-4-5-12-29(27)21-31)50-46(49-44)37-23-32(34-14-8-16-39-42(34)35-13-6-7-15-38(35)51-39)24-41-43(37)36-22-30-19-20-47-26-33(30)25-40(36)52-41/h1-26H. The highest BCUT2D eigenvalue weighted by Crippen LogP contribution is 2.43. The van der Waals surface area contributed by atoms with Gasteiger partial charge in [-0.1, -0.05) is 97.1 Å². The highest BCUT2D eigenvalue weighted by Gasteiger charge is 2.22. The Morgan fingerprint density at radius 1 is 0.365 bits per heavy atom. The third-order valence-corrected chi connectivity index (χ3v) is 9.96. The van der Waals surface area contributed by atoms with E-state index in [2.05, 4.69) is 83.8 Å². The summed E-state index contributed by atoms with van der Waals surface area (Å²) in [6.07, 6.45) is 3.69. The topological polar surface area (TPSA) is 77.8 Å². The Balaban J connectivity index is 1.24. The van der Waals surface area contributed by atoms with Gasteiger partial charge in [0, 0.05) is 56.0 Å². The maximum atomic E-state index is 6.72. The Morgan fingerprint density at radius 2 is 1.10 bits per heavy atom. The fourth-order valence-electron chi connectivity index (χ4n) is 7.50. The van der Waals surface area contributed by atoms with Gasteiger partial charge < -0.3 is 8.83 Å². The van der Waals surface area contributed by atoms with E-state index in [1.165, 1.54) is 0 Å². The van der Waals surface area contributed by atoms with Crippen LogP contribution in [0.3, 0.4) is 0 Å². The van der Waals surface area contributed by atoms with Crippen molar-refractivity contribution in [2.75, 3.05) is 0 Å². The van der Waals surface area contributed by atoms with E-state index in [4.69, 9.17) is 23.8 Å². The average molecular weight is 667 g/mol. The quantitative estimate of drug-likeness (QED) is 0.186. The lowest BCUT2D eigenvalue weighted by Crippen LogP contribution is -2.00. The number of benzene rings is 7.